The summed E-state index contributed by atoms with van der Waals surface area (Å²) >= 11 is 0. The highest BCUT2D eigenvalue weighted by molar-refractivity contribution is 5.28. The van der Waals surface area contributed by atoms with E-state index in [-0.39, 0.29) is 12.4 Å². The van der Waals surface area contributed by atoms with Crippen LogP contribution in [0.3, 0.4) is 0 Å². The fourth-order valence-electron chi connectivity index (χ4n) is 1.22. The molecule has 0 bridgehead atoms. The van der Waals surface area contributed by atoms with E-state index in [4.69, 9.17) is 4.74 Å². The van der Waals surface area contributed by atoms with Gasteiger partial charge < -0.3 is 9.84 Å². The first-order chi connectivity index (χ1) is 6.45. The van der Waals surface area contributed by atoms with E-state index < -0.39 is 5.60 Å². The minimum absolute atomic E-state index is 0.218. The van der Waals surface area contributed by atoms with E-state index in [1.54, 1.807) is 26.0 Å². The molecule has 0 radical (unpaired) electrons. The molecule has 0 saturated heterocycles. The van der Waals surface area contributed by atoms with Crippen molar-refractivity contribution in [3.05, 3.63) is 35.1 Å². The van der Waals surface area contributed by atoms with Gasteiger partial charge in [-0.15, -0.1) is 0 Å². The molecule has 0 fully saturated rings. The largest absolute Gasteiger partial charge is 0.386 e. The molecule has 0 aliphatic rings. The van der Waals surface area contributed by atoms with Crippen LogP contribution in [0.5, 0.6) is 0 Å². The standard InChI is InChI=1S/C11H15FO2/c1-11(2,13)9-4-5-10(12)8(6-9)7-14-3/h4-6,13H,7H2,1-3H3. The maximum absolute atomic E-state index is 13.2. The fraction of sp³-hybridized carbons (Fsp3) is 0.455. The zero-order chi connectivity index (χ0) is 10.8. The quantitative estimate of drug-likeness (QED) is 0.806. The van der Waals surface area contributed by atoms with Crippen molar-refractivity contribution in [2.45, 2.75) is 26.1 Å². The van der Waals surface area contributed by atoms with Gasteiger partial charge in [-0.1, -0.05) is 6.07 Å². The monoisotopic (exact) mass is 198 g/mol. The third kappa shape index (κ3) is 2.53. The average molecular weight is 198 g/mol. The highest BCUT2D eigenvalue weighted by atomic mass is 19.1. The molecular formula is C11H15FO2. The van der Waals surface area contributed by atoms with E-state index in [0.29, 0.717) is 11.1 Å². The van der Waals surface area contributed by atoms with Gasteiger partial charge >= 0.3 is 0 Å². The molecule has 3 heteroatoms. The number of rotatable bonds is 3. The lowest BCUT2D eigenvalue weighted by molar-refractivity contribution is 0.0781. The minimum Gasteiger partial charge on any atom is -0.386 e. The van der Waals surface area contributed by atoms with Gasteiger partial charge in [0.05, 0.1) is 12.2 Å². The molecule has 14 heavy (non-hydrogen) atoms. The molecule has 0 aliphatic heterocycles. The fourth-order valence-corrected chi connectivity index (χ4v) is 1.22. The molecule has 1 rings (SSSR count). The molecule has 1 N–H and O–H groups in total. The number of hydrogen-bond acceptors (Lipinski definition) is 2. The molecule has 0 unspecified atom stereocenters. The normalized spacial score (nSPS) is 11.8. The van der Waals surface area contributed by atoms with Gasteiger partial charge in [0.15, 0.2) is 0 Å². The zero-order valence-electron chi connectivity index (χ0n) is 8.67. The molecule has 78 valence electrons. The summed E-state index contributed by atoms with van der Waals surface area (Å²) in [5.41, 5.74) is 0.203. The number of methoxy groups -OCH3 is 1. The number of ether oxygens (including phenoxy) is 1. The Hall–Kier alpha value is -0.930. The van der Waals surface area contributed by atoms with Crippen LogP contribution in [0.15, 0.2) is 18.2 Å². The Kier molecular flexibility index (Phi) is 3.24. The van der Waals surface area contributed by atoms with Gasteiger partial charge in [0.25, 0.3) is 0 Å². The van der Waals surface area contributed by atoms with Crippen LogP contribution in [0, 0.1) is 5.82 Å². The molecule has 1 aromatic rings. The third-order valence-electron chi connectivity index (χ3n) is 2.05. The summed E-state index contributed by atoms with van der Waals surface area (Å²) in [5, 5.41) is 9.71. The maximum atomic E-state index is 13.2. The Labute approximate surface area is 83.3 Å². The summed E-state index contributed by atoms with van der Waals surface area (Å²) in [6.45, 7) is 3.55. The molecule has 0 amide bonds. The van der Waals surface area contributed by atoms with Crippen molar-refractivity contribution in [1.82, 2.24) is 0 Å². The van der Waals surface area contributed by atoms with Gasteiger partial charge in [-0.3, -0.25) is 0 Å². The van der Waals surface area contributed by atoms with Gasteiger partial charge in [0.2, 0.25) is 0 Å². The van der Waals surface area contributed by atoms with Crippen molar-refractivity contribution in [2.24, 2.45) is 0 Å². The molecule has 2 nitrogen and oxygen atoms in total. The van der Waals surface area contributed by atoms with E-state index >= 15 is 0 Å². The lowest BCUT2D eigenvalue weighted by Gasteiger charge is -2.18. The van der Waals surface area contributed by atoms with Gasteiger partial charge in [-0.2, -0.15) is 0 Å². The SMILES string of the molecule is COCc1cc(C(C)(C)O)ccc1F. The Balaban J connectivity index is 3.06. The van der Waals surface area contributed by atoms with Gasteiger partial charge in [0.1, 0.15) is 5.82 Å². The molecule has 0 spiro atoms. The second-order valence-corrected chi connectivity index (χ2v) is 3.80. The molecule has 0 saturated carbocycles. The minimum atomic E-state index is -0.948. The number of aliphatic hydroxyl groups is 1. The third-order valence-corrected chi connectivity index (χ3v) is 2.05. The van der Waals surface area contributed by atoms with Crippen LogP contribution >= 0.6 is 0 Å². The predicted molar refractivity (Wildman–Crippen MR) is 52.4 cm³/mol. The Bertz CT molecular complexity index is 316. The van der Waals surface area contributed by atoms with Crippen LogP contribution in [0.25, 0.3) is 0 Å². The van der Waals surface area contributed by atoms with Gasteiger partial charge in [-0.05, 0) is 31.5 Å². The number of hydrogen-bond donors (Lipinski definition) is 1. The van der Waals surface area contributed by atoms with E-state index in [0.717, 1.165) is 0 Å². The molecule has 0 atom stereocenters. The van der Waals surface area contributed by atoms with Crippen LogP contribution in [-0.4, -0.2) is 12.2 Å². The first-order valence-electron chi connectivity index (χ1n) is 4.45. The van der Waals surface area contributed by atoms with Crippen LogP contribution in [0.4, 0.5) is 4.39 Å². The smallest absolute Gasteiger partial charge is 0.128 e. The molecule has 0 aliphatic carbocycles. The van der Waals surface area contributed by atoms with Crippen molar-refractivity contribution in [2.75, 3.05) is 7.11 Å². The van der Waals surface area contributed by atoms with E-state index in [1.165, 1.54) is 13.2 Å². The van der Waals surface area contributed by atoms with Crippen LogP contribution in [0.2, 0.25) is 0 Å². The van der Waals surface area contributed by atoms with Crippen molar-refractivity contribution in [3.8, 4) is 0 Å². The van der Waals surface area contributed by atoms with E-state index in [2.05, 4.69) is 0 Å². The van der Waals surface area contributed by atoms with Gasteiger partial charge in [-0.25, -0.2) is 4.39 Å². The van der Waals surface area contributed by atoms with Crippen LogP contribution in [0.1, 0.15) is 25.0 Å². The Morgan fingerprint density at radius 3 is 2.57 bits per heavy atom. The summed E-state index contributed by atoms with van der Waals surface area (Å²) in [6, 6.07) is 4.55. The predicted octanol–water partition coefficient (Wildman–Crippen LogP) is 2.20. The highest BCUT2D eigenvalue weighted by Crippen LogP contribution is 2.22. The number of benzene rings is 1. The summed E-state index contributed by atoms with van der Waals surface area (Å²) in [7, 11) is 1.51. The highest BCUT2D eigenvalue weighted by Gasteiger charge is 2.17. The molecule has 0 heterocycles. The Morgan fingerprint density at radius 1 is 1.43 bits per heavy atom. The van der Waals surface area contributed by atoms with Crippen LogP contribution < -0.4 is 0 Å². The lowest BCUT2D eigenvalue weighted by Crippen LogP contribution is -2.16. The molecule has 0 aromatic heterocycles. The summed E-state index contributed by atoms with van der Waals surface area (Å²) in [4.78, 5) is 0. The second-order valence-electron chi connectivity index (χ2n) is 3.80. The van der Waals surface area contributed by atoms with Crippen molar-refractivity contribution in [3.63, 3.8) is 0 Å². The lowest BCUT2D eigenvalue weighted by atomic mass is 9.96. The number of halogens is 1. The second kappa shape index (κ2) is 4.07. The van der Waals surface area contributed by atoms with Gasteiger partial charge in [0, 0.05) is 12.7 Å². The first kappa shape index (κ1) is 11.1. The van der Waals surface area contributed by atoms with E-state index in [1.807, 2.05) is 0 Å². The summed E-state index contributed by atoms with van der Waals surface area (Å²) in [5.74, 6) is -0.306. The van der Waals surface area contributed by atoms with Crippen molar-refractivity contribution in [1.29, 1.82) is 0 Å². The van der Waals surface area contributed by atoms with Crippen molar-refractivity contribution < 1.29 is 14.2 Å². The first-order valence-corrected chi connectivity index (χ1v) is 4.45. The maximum Gasteiger partial charge on any atom is 0.128 e. The Morgan fingerprint density at radius 2 is 2.07 bits per heavy atom. The molecule has 1 aromatic carbocycles. The summed E-state index contributed by atoms with van der Waals surface area (Å²) < 4.78 is 18.0. The van der Waals surface area contributed by atoms with E-state index in [9.17, 15) is 9.50 Å². The zero-order valence-corrected chi connectivity index (χ0v) is 8.67. The molecular weight excluding hydrogens is 183 g/mol. The van der Waals surface area contributed by atoms with Crippen molar-refractivity contribution >= 4 is 0 Å². The van der Waals surface area contributed by atoms with Crippen LogP contribution in [-0.2, 0) is 16.9 Å². The topological polar surface area (TPSA) is 29.5 Å². The average Bonchev–Trinajstić information content (AvgIpc) is 2.07. The summed E-state index contributed by atoms with van der Waals surface area (Å²) in [6.07, 6.45) is 0.